The molecule has 7 heteroatoms. The first kappa shape index (κ1) is 15.5. The first-order chi connectivity index (χ1) is 9.96. The lowest BCUT2D eigenvalue weighted by molar-refractivity contribution is 0.493. The minimum Gasteiger partial charge on any atom is -0.326 e. The van der Waals surface area contributed by atoms with E-state index >= 15 is 0 Å². The maximum atomic E-state index is 12.7. The van der Waals surface area contributed by atoms with Gasteiger partial charge in [0.1, 0.15) is 5.82 Å². The molecular formula is C14H23N5O2. The zero-order chi connectivity index (χ0) is 15.7. The standard InChI is InChI=1S/C14H23N5O2/c1-5-10(15)8-19-13(20)11-12(18(7-3)14(19)21)16-9(4)17(11)6-2/h10H,5-8,15H2,1-4H3. The van der Waals surface area contributed by atoms with Crippen LogP contribution in [0.1, 0.15) is 33.0 Å². The highest BCUT2D eigenvalue weighted by Gasteiger charge is 2.19. The predicted molar refractivity (Wildman–Crippen MR) is 82.6 cm³/mol. The summed E-state index contributed by atoms with van der Waals surface area (Å²) in [5.41, 5.74) is 6.24. The number of rotatable bonds is 5. The Morgan fingerprint density at radius 1 is 1.10 bits per heavy atom. The van der Waals surface area contributed by atoms with E-state index in [-0.39, 0.29) is 23.8 Å². The summed E-state index contributed by atoms with van der Waals surface area (Å²) < 4.78 is 4.63. The van der Waals surface area contributed by atoms with Crippen molar-refractivity contribution in [3.63, 3.8) is 0 Å². The zero-order valence-electron chi connectivity index (χ0n) is 13.1. The van der Waals surface area contributed by atoms with Gasteiger partial charge in [0.2, 0.25) is 0 Å². The van der Waals surface area contributed by atoms with Gasteiger partial charge in [-0.2, -0.15) is 0 Å². The number of imidazole rings is 1. The molecule has 0 bridgehead atoms. The fraction of sp³-hybridized carbons (Fsp3) is 0.643. The number of nitrogens with zero attached hydrogens (tertiary/aromatic N) is 4. The molecule has 0 fully saturated rings. The Morgan fingerprint density at radius 3 is 2.24 bits per heavy atom. The number of hydrogen-bond acceptors (Lipinski definition) is 4. The van der Waals surface area contributed by atoms with E-state index in [1.165, 1.54) is 9.13 Å². The third-order valence-electron chi connectivity index (χ3n) is 3.88. The fourth-order valence-corrected chi connectivity index (χ4v) is 2.60. The van der Waals surface area contributed by atoms with Crippen LogP contribution >= 0.6 is 0 Å². The highest BCUT2D eigenvalue weighted by Crippen LogP contribution is 2.10. The van der Waals surface area contributed by atoms with E-state index < -0.39 is 0 Å². The molecule has 116 valence electrons. The summed E-state index contributed by atoms with van der Waals surface area (Å²) in [6.07, 6.45) is 0.710. The molecule has 0 aliphatic carbocycles. The van der Waals surface area contributed by atoms with Gasteiger partial charge in [-0.25, -0.2) is 9.78 Å². The molecule has 7 nitrogen and oxygen atoms in total. The highest BCUT2D eigenvalue weighted by molar-refractivity contribution is 5.71. The second-order valence-corrected chi connectivity index (χ2v) is 5.19. The first-order valence-corrected chi connectivity index (χ1v) is 7.42. The second kappa shape index (κ2) is 5.85. The van der Waals surface area contributed by atoms with Crippen LogP contribution < -0.4 is 17.0 Å². The van der Waals surface area contributed by atoms with Gasteiger partial charge in [0.25, 0.3) is 5.56 Å². The van der Waals surface area contributed by atoms with Gasteiger partial charge in [-0.3, -0.25) is 13.9 Å². The quantitative estimate of drug-likeness (QED) is 0.866. The molecule has 21 heavy (non-hydrogen) atoms. The summed E-state index contributed by atoms with van der Waals surface area (Å²) in [5.74, 6) is 0.740. The summed E-state index contributed by atoms with van der Waals surface area (Å²) >= 11 is 0. The molecule has 2 N–H and O–H groups in total. The van der Waals surface area contributed by atoms with Gasteiger partial charge in [-0.15, -0.1) is 0 Å². The largest absolute Gasteiger partial charge is 0.332 e. The maximum Gasteiger partial charge on any atom is 0.332 e. The molecule has 2 heterocycles. The maximum absolute atomic E-state index is 12.7. The van der Waals surface area contributed by atoms with Crippen molar-refractivity contribution in [2.45, 2.75) is 59.8 Å². The van der Waals surface area contributed by atoms with E-state index in [9.17, 15) is 9.59 Å². The molecule has 0 radical (unpaired) electrons. The molecular weight excluding hydrogens is 270 g/mol. The normalized spacial score (nSPS) is 13.0. The van der Waals surface area contributed by atoms with Gasteiger partial charge in [-0.05, 0) is 27.2 Å². The average molecular weight is 293 g/mol. The minimum absolute atomic E-state index is 0.211. The third kappa shape index (κ3) is 2.42. The van der Waals surface area contributed by atoms with Crippen molar-refractivity contribution in [1.29, 1.82) is 0 Å². The Morgan fingerprint density at radius 2 is 1.71 bits per heavy atom. The van der Waals surface area contributed by atoms with Gasteiger partial charge < -0.3 is 10.3 Å². The number of aryl methyl sites for hydroxylation is 3. The van der Waals surface area contributed by atoms with Gasteiger partial charge in [0.15, 0.2) is 11.2 Å². The van der Waals surface area contributed by atoms with Crippen molar-refractivity contribution in [3.05, 3.63) is 26.7 Å². The van der Waals surface area contributed by atoms with E-state index in [0.717, 1.165) is 5.82 Å². The van der Waals surface area contributed by atoms with Crippen LogP contribution in [0.15, 0.2) is 9.59 Å². The number of hydrogen-bond donors (Lipinski definition) is 1. The summed E-state index contributed by atoms with van der Waals surface area (Å²) in [7, 11) is 0. The lowest BCUT2D eigenvalue weighted by Gasteiger charge is -2.13. The molecule has 0 saturated carbocycles. The minimum atomic E-state index is -0.334. The molecule has 0 amide bonds. The van der Waals surface area contributed by atoms with Gasteiger partial charge in [-0.1, -0.05) is 6.92 Å². The van der Waals surface area contributed by atoms with Crippen molar-refractivity contribution >= 4 is 11.2 Å². The SMILES string of the molecule is CCC(N)Cn1c(=O)c2c(nc(C)n2CC)n(CC)c1=O. The molecule has 2 aromatic heterocycles. The van der Waals surface area contributed by atoms with Gasteiger partial charge in [0, 0.05) is 25.7 Å². The Hall–Kier alpha value is -1.89. The van der Waals surface area contributed by atoms with Gasteiger partial charge >= 0.3 is 5.69 Å². The van der Waals surface area contributed by atoms with Crippen LogP contribution in [0, 0.1) is 6.92 Å². The number of aromatic nitrogens is 4. The van der Waals surface area contributed by atoms with Crippen LogP contribution in [0.3, 0.4) is 0 Å². The molecule has 0 spiro atoms. The Labute approximate surface area is 123 Å². The molecule has 2 rings (SSSR count). The van der Waals surface area contributed by atoms with Crippen molar-refractivity contribution in [2.75, 3.05) is 0 Å². The summed E-state index contributed by atoms with van der Waals surface area (Å²) in [6, 6.07) is -0.211. The van der Waals surface area contributed by atoms with Crippen LogP contribution in [0.25, 0.3) is 11.2 Å². The Kier molecular flexibility index (Phi) is 4.32. The monoisotopic (exact) mass is 293 g/mol. The molecule has 0 aliphatic heterocycles. The van der Waals surface area contributed by atoms with Crippen LogP contribution in [-0.4, -0.2) is 24.7 Å². The molecule has 2 aromatic rings. The second-order valence-electron chi connectivity index (χ2n) is 5.19. The zero-order valence-corrected chi connectivity index (χ0v) is 13.1. The van der Waals surface area contributed by atoms with Crippen LogP contribution in [0.4, 0.5) is 0 Å². The number of fused-ring (bicyclic) bond motifs is 1. The molecule has 0 aliphatic rings. The van der Waals surface area contributed by atoms with Crippen LogP contribution in [0.5, 0.6) is 0 Å². The lowest BCUT2D eigenvalue weighted by atomic mass is 10.2. The van der Waals surface area contributed by atoms with Crippen molar-refractivity contribution < 1.29 is 0 Å². The summed E-state index contributed by atoms with van der Waals surface area (Å²) in [4.78, 5) is 29.6. The van der Waals surface area contributed by atoms with Crippen LogP contribution in [0.2, 0.25) is 0 Å². The van der Waals surface area contributed by atoms with Crippen molar-refractivity contribution in [2.24, 2.45) is 5.73 Å². The third-order valence-corrected chi connectivity index (χ3v) is 3.88. The van der Waals surface area contributed by atoms with E-state index in [1.54, 1.807) is 0 Å². The lowest BCUT2D eigenvalue weighted by Crippen LogP contribution is -2.44. The molecule has 1 unspecified atom stereocenters. The van der Waals surface area contributed by atoms with Crippen LogP contribution in [-0.2, 0) is 19.6 Å². The van der Waals surface area contributed by atoms with Gasteiger partial charge in [0.05, 0.1) is 0 Å². The Balaban J connectivity index is 2.87. The summed E-state index contributed by atoms with van der Waals surface area (Å²) in [6.45, 7) is 8.95. The smallest absolute Gasteiger partial charge is 0.326 e. The van der Waals surface area contributed by atoms with Crippen molar-refractivity contribution in [1.82, 2.24) is 18.7 Å². The average Bonchev–Trinajstić information content (AvgIpc) is 2.80. The summed E-state index contributed by atoms with van der Waals surface area (Å²) in [5, 5.41) is 0. The van der Waals surface area contributed by atoms with E-state index in [1.807, 2.05) is 32.3 Å². The first-order valence-electron chi connectivity index (χ1n) is 7.42. The molecule has 0 aromatic carbocycles. The highest BCUT2D eigenvalue weighted by atomic mass is 16.2. The Bertz CT molecular complexity index is 768. The molecule has 0 saturated heterocycles. The van der Waals surface area contributed by atoms with E-state index in [2.05, 4.69) is 4.98 Å². The van der Waals surface area contributed by atoms with E-state index in [0.29, 0.717) is 30.7 Å². The molecule has 1 atom stereocenters. The predicted octanol–water partition coefficient (Wildman–Crippen LogP) is 0.445. The topological polar surface area (TPSA) is 87.8 Å². The fourth-order valence-electron chi connectivity index (χ4n) is 2.60. The van der Waals surface area contributed by atoms with Crippen molar-refractivity contribution in [3.8, 4) is 0 Å². The number of nitrogens with two attached hydrogens (primary N) is 1. The van der Waals surface area contributed by atoms with E-state index in [4.69, 9.17) is 5.73 Å².